The van der Waals surface area contributed by atoms with Crippen LogP contribution in [0.25, 0.3) is 0 Å². The summed E-state index contributed by atoms with van der Waals surface area (Å²) >= 11 is 4.87. The molecule has 2 aromatic rings. The molecule has 0 saturated heterocycles. The number of hydrogen-bond acceptors (Lipinski definition) is 3. The molecule has 5 heteroatoms. The van der Waals surface area contributed by atoms with Gasteiger partial charge in [0.15, 0.2) is 5.13 Å². The molecule has 0 fully saturated rings. The number of anilines is 1. The van der Waals surface area contributed by atoms with Gasteiger partial charge in [0, 0.05) is 15.8 Å². The molecule has 2 nitrogen and oxygen atoms in total. The molecular weight excluding hydrogens is 303 g/mol. The minimum Gasteiger partial charge on any atom is -0.375 e. The minimum atomic E-state index is -0.236. The normalized spacial score (nSPS) is 10.8. The molecule has 0 radical (unpaired) electrons. The van der Waals surface area contributed by atoms with Crippen LogP contribution in [0, 0.1) is 5.82 Å². The van der Waals surface area contributed by atoms with E-state index in [0.29, 0.717) is 5.13 Å². The van der Waals surface area contributed by atoms with Crippen molar-refractivity contribution in [3.63, 3.8) is 0 Å². The van der Waals surface area contributed by atoms with Crippen LogP contribution >= 0.6 is 27.3 Å². The van der Waals surface area contributed by atoms with Crippen molar-refractivity contribution in [2.24, 2.45) is 0 Å². The van der Waals surface area contributed by atoms with Crippen LogP contribution in [0.5, 0.6) is 0 Å². The van der Waals surface area contributed by atoms with Gasteiger partial charge in [-0.05, 0) is 24.1 Å². The van der Waals surface area contributed by atoms with Gasteiger partial charge >= 0.3 is 0 Å². The van der Waals surface area contributed by atoms with Crippen LogP contribution in [-0.4, -0.2) is 4.98 Å². The summed E-state index contributed by atoms with van der Waals surface area (Å²) in [5.41, 5.74) is 7.78. The highest BCUT2D eigenvalue weighted by Crippen LogP contribution is 2.27. The van der Waals surface area contributed by atoms with Gasteiger partial charge in [-0.3, -0.25) is 0 Å². The summed E-state index contributed by atoms with van der Waals surface area (Å²) in [6.45, 7) is 2.05. The molecular formula is C12H12BrFN2S. The Hall–Kier alpha value is -0.940. The third-order valence-corrected chi connectivity index (χ3v) is 4.16. The zero-order valence-corrected chi connectivity index (χ0v) is 11.7. The second kappa shape index (κ2) is 5.14. The molecule has 2 rings (SSSR count). The van der Waals surface area contributed by atoms with Crippen LogP contribution < -0.4 is 5.73 Å². The summed E-state index contributed by atoms with van der Waals surface area (Å²) in [6, 6.07) is 4.73. The van der Waals surface area contributed by atoms with E-state index in [1.165, 1.54) is 23.5 Å². The molecule has 1 aromatic carbocycles. The first kappa shape index (κ1) is 12.5. The van der Waals surface area contributed by atoms with Gasteiger partial charge in [0.05, 0.1) is 5.69 Å². The SMILES string of the molecule is CCc1nc(N)sc1Cc1ccc(F)cc1Br. The van der Waals surface area contributed by atoms with Crippen molar-refractivity contribution in [2.75, 3.05) is 5.73 Å². The monoisotopic (exact) mass is 314 g/mol. The van der Waals surface area contributed by atoms with E-state index in [1.54, 1.807) is 6.07 Å². The summed E-state index contributed by atoms with van der Waals surface area (Å²) in [5, 5.41) is 0.593. The lowest BCUT2D eigenvalue weighted by Crippen LogP contribution is -1.93. The molecule has 0 aliphatic heterocycles. The van der Waals surface area contributed by atoms with Crippen LogP contribution in [-0.2, 0) is 12.8 Å². The van der Waals surface area contributed by atoms with Crippen molar-refractivity contribution < 1.29 is 4.39 Å². The summed E-state index contributed by atoms with van der Waals surface area (Å²) in [7, 11) is 0. The first-order chi connectivity index (χ1) is 8.10. The molecule has 0 amide bonds. The number of hydrogen-bond donors (Lipinski definition) is 1. The Morgan fingerprint density at radius 3 is 2.88 bits per heavy atom. The molecule has 2 N–H and O–H groups in total. The maximum absolute atomic E-state index is 13.0. The lowest BCUT2D eigenvalue weighted by Gasteiger charge is -2.04. The van der Waals surface area contributed by atoms with Crippen molar-refractivity contribution in [1.29, 1.82) is 0 Å². The van der Waals surface area contributed by atoms with Crippen LogP contribution in [0.1, 0.15) is 23.1 Å². The maximum atomic E-state index is 13.0. The molecule has 1 aromatic heterocycles. The molecule has 1 heterocycles. The van der Waals surface area contributed by atoms with Gasteiger partial charge in [0.2, 0.25) is 0 Å². The van der Waals surface area contributed by atoms with Crippen LogP contribution in [0.3, 0.4) is 0 Å². The predicted octanol–water partition coefficient (Wildman–Crippen LogP) is 3.78. The Bertz CT molecular complexity index is 539. The first-order valence-corrected chi connectivity index (χ1v) is 6.89. The number of rotatable bonds is 3. The van der Waals surface area contributed by atoms with E-state index in [1.807, 2.05) is 0 Å². The van der Waals surface area contributed by atoms with E-state index in [2.05, 4.69) is 27.8 Å². The van der Waals surface area contributed by atoms with Crippen molar-refractivity contribution in [3.8, 4) is 0 Å². The molecule has 0 saturated carbocycles. The molecule has 17 heavy (non-hydrogen) atoms. The van der Waals surface area contributed by atoms with Gasteiger partial charge in [-0.2, -0.15) is 0 Å². The van der Waals surface area contributed by atoms with E-state index in [-0.39, 0.29) is 5.82 Å². The smallest absolute Gasteiger partial charge is 0.180 e. The fourth-order valence-corrected chi connectivity index (χ4v) is 3.09. The maximum Gasteiger partial charge on any atom is 0.180 e. The van der Waals surface area contributed by atoms with Crippen LogP contribution in [0.2, 0.25) is 0 Å². The topological polar surface area (TPSA) is 38.9 Å². The number of nitrogens with zero attached hydrogens (tertiary/aromatic N) is 1. The van der Waals surface area contributed by atoms with Crippen molar-refractivity contribution in [1.82, 2.24) is 4.98 Å². The fourth-order valence-electron chi connectivity index (χ4n) is 1.66. The average molecular weight is 315 g/mol. The Morgan fingerprint density at radius 1 is 1.47 bits per heavy atom. The van der Waals surface area contributed by atoms with E-state index >= 15 is 0 Å². The Kier molecular flexibility index (Phi) is 3.79. The quantitative estimate of drug-likeness (QED) is 0.936. The van der Waals surface area contributed by atoms with Crippen LogP contribution in [0.15, 0.2) is 22.7 Å². The van der Waals surface area contributed by atoms with Crippen molar-refractivity contribution in [3.05, 3.63) is 44.6 Å². The lowest BCUT2D eigenvalue weighted by atomic mass is 10.1. The lowest BCUT2D eigenvalue weighted by molar-refractivity contribution is 0.626. The molecule has 0 bridgehead atoms. The Labute approximate surface area is 112 Å². The molecule has 0 spiro atoms. The van der Waals surface area contributed by atoms with E-state index < -0.39 is 0 Å². The van der Waals surface area contributed by atoms with Gasteiger partial charge in [0.25, 0.3) is 0 Å². The summed E-state index contributed by atoms with van der Waals surface area (Å²) in [5.74, 6) is -0.236. The number of nitrogens with two attached hydrogens (primary N) is 1. The molecule has 0 unspecified atom stereocenters. The van der Waals surface area contributed by atoms with Gasteiger partial charge in [-0.25, -0.2) is 9.37 Å². The Balaban J connectivity index is 2.30. The minimum absolute atomic E-state index is 0.236. The molecule has 0 aliphatic carbocycles. The first-order valence-electron chi connectivity index (χ1n) is 5.28. The highest BCUT2D eigenvalue weighted by molar-refractivity contribution is 9.10. The highest BCUT2D eigenvalue weighted by atomic mass is 79.9. The van der Waals surface area contributed by atoms with Gasteiger partial charge < -0.3 is 5.73 Å². The van der Waals surface area contributed by atoms with Gasteiger partial charge in [-0.1, -0.05) is 28.9 Å². The second-order valence-corrected chi connectivity index (χ2v) is 5.66. The predicted molar refractivity (Wildman–Crippen MR) is 72.8 cm³/mol. The van der Waals surface area contributed by atoms with Gasteiger partial charge in [0.1, 0.15) is 5.82 Å². The fraction of sp³-hybridized carbons (Fsp3) is 0.250. The standard InChI is InChI=1S/C12H12BrFN2S/c1-2-10-11(17-12(15)16-10)5-7-3-4-8(14)6-9(7)13/h3-4,6H,2,5H2,1H3,(H2,15,16). The third kappa shape index (κ3) is 2.84. The molecule has 0 aliphatic rings. The number of halogens is 2. The van der Waals surface area contributed by atoms with E-state index in [9.17, 15) is 4.39 Å². The molecule has 90 valence electrons. The summed E-state index contributed by atoms with van der Waals surface area (Å²) in [6.07, 6.45) is 1.60. The number of thiazole rings is 1. The molecule has 0 atom stereocenters. The van der Waals surface area contributed by atoms with E-state index in [4.69, 9.17) is 5.73 Å². The summed E-state index contributed by atoms with van der Waals surface area (Å²) < 4.78 is 13.8. The zero-order chi connectivity index (χ0) is 12.4. The van der Waals surface area contributed by atoms with E-state index in [0.717, 1.165) is 33.4 Å². The van der Waals surface area contributed by atoms with Crippen LogP contribution in [0.4, 0.5) is 9.52 Å². The zero-order valence-electron chi connectivity index (χ0n) is 9.34. The number of benzene rings is 1. The van der Waals surface area contributed by atoms with Crippen molar-refractivity contribution in [2.45, 2.75) is 19.8 Å². The second-order valence-electron chi connectivity index (χ2n) is 3.69. The number of nitrogen functional groups attached to an aromatic ring is 1. The summed E-state index contributed by atoms with van der Waals surface area (Å²) in [4.78, 5) is 5.43. The largest absolute Gasteiger partial charge is 0.375 e. The average Bonchev–Trinajstić information content (AvgIpc) is 2.63. The third-order valence-electron chi connectivity index (χ3n) is 2.50. The Morgan fingerprint density at radius 2 is 2.24 bits per heavy atom. The highest BCUT2D eigenvalue weighted by Gasteiger charge is 2.10. The van der Waals surface area contributed by atoms with Gasteiger partial charge in [-0.15, -0.1) is 11.3 Å². The van der Waals surface area contributed by atoms with Crippen molar-refractivity contribution >= 4 is 32.4 Å². The number of aryl methyl sites for hydroxylation is 1. The number of aromatic nitrogens is 1.